The van der Waals surface area contributed by atoms with E-state index in [1.165, 1.54) is 12.1 Å². The van der Waals surface area contributed by atoms with Gasteiger partial charge in [-0.25, -0.2) is 4.39 Å². The quantitative estimate of drug-likeness (QED) is 0.715. The molecule has 2 aromatic rings. The Morgan fingerprint density at radius 2 is 1.85 bits per heavy atom. The molecule has 1 saturated heterocycles. The van der Waals surface area contributed by atoms with Gasteiger partial charge in [0, 0.05) is 30.0 Å². The summed E-state index contributed by atoms with van der Waals surface area (Å²) in [6.07, 6.45) is 2.20. The Kier molecular flexibility index (Phi) is 5.00. The molecule has 4 nitrogen and oxygen atoms in total. The van der Waals surface area contributed by atoms with Gasteiger partial charge in [0.1, 0.15) is 5.82 Å². The van der Waals surface area contributed by atoms with E-state index in [0.717, 1.165) is 28.6 Å². The second kappa shape index (κ2) is 7.43. The lowest BCUT2D eigenvalue weighted by molar-refractivity contribution is -0.137. The highest BCUT2D eigenvalue weighted by atomic mass is 79.9. The van der Waals surface area contributed by atoms with Crippen LogP contribution >= 0.6 is 15.9 Å². The Labute approximate surface area is 166 Å². The van der Waals surface area contributed by atoms with Gasteiger partial charge in [0.15, 0.2) is 0 Å². The van der Waals surface area contributed by atoms with Gasteiger partial charge in [-0.2, -0.15) is 0 Å². The minimum absolute atomic E-state index is 0.0183. The molecule has 6 heteroatoms. The zero-order chi connectivity index (χ0) is 19.0. The first-order valence-corrected chi connectivity index (χ1v) is 9.92. The topological polar surface area (TPSA) is 40.6 Å². The molecule has 1 atom stereocenters. The van der Waals surface area contributed by atoms with Crippen LogP contribution in [0.15, 0.2) is 53.0 Å². The van der Waals surface area contributed by atoms with Crippen molar-refractivity contribution in [1.82, 2.24) is 4.90 Å². The number of rotatable bonds is 5. The molecular formula is C21H20BrFN2O2. The first kappa shape index (κ1) is 18.2. The zero-order valence-electron chi connectivity index (χ0n) is 14.8. The minimum atomic E-state index is -0.342. The van der Waals surface area contributed by atoms with E-state index in [4.69, 9.17) is 0 Å². The molecule has 27 heavy (non-hydrogen) atoms. The van der Waals surface area contributed by atoms with Crippen LogP contribution in [0.25, 0.3) is 0 Å². The van der Waals surface area contributed by atoms with Crippen LogP contribution in [-0.4, -0.2) is 29.3 Å². The Morgan fingerprint density at radius 1 is 1.15 bits per heavy atom. The number of hydrogen-bond donors (Lipinski definition) is 0. The van der Waals surface area contributed by atoms with Crippen molar-refractivity contribution in [3.05, 3.63) is 64.4 Å². The van der Waals surface area contributed by atoms with E-state index in [2.05, 4.69) is 15.9 Å². The number of amides is 2. The van der Waals surface area contributed by atoms with Crippen LogP contribution < -0.4 is 4.90 Å². The summed E-state index contributed by atoms with van der Waals surface area (Å²) in [4.78, 5) is 29.3. The predicted molar refractivity (Wildman–Crippen MR) is 105 cm³/mol. The van der Waals surface area contributed by atoms with Gasteiger partial charge in [-0.3, -0.25) is 9.59 Å². The first-order valence-electron chi connectivity index (χ1n) is 9.13. The van der Waals surface area contributed by atoms with Crippen LogP contribution in [0, 0.1) is 11.7 Å². The number of para-hydroxylation sites is 1. The molecule has 2 aliphatic rings. The summed E-state index contributed by atoms with van der Waals surface area (Å²) in [7, 11) is 0. The van der Waals surface area contributed by atoms with Gasteiger partial charge in [0.2, 0.25) is 11.8 Å². The molecule has 2 aromatic carbocycles. The molecule has 1 saturated carbocycles. The van der Waals surface area contributed by atoms with Gasteiger partial charge in [0.25, 0.3) is 0 Å². The van der Waals surface area contributed by atoms with E-state index in [1.54, 1.807) is 17.0 Å². The average Bonchev–Trinajstić information content (AvgIpc) is 3.43. The lowest BCUT2D eigenvalue weighted by atomic mass is 10.1. The standard InChI is InChI=1S/C21H20BrFN2O2/c22-18-3-1-2-4-19(18)25-13-15(11-20(25)26)21(27)24(17-9-10-17)12-14-5-7-16(23)8-6-14/h1-8,15,17H,9-13H2. The second-order valence-corrected chi connectivity index (χ2v) is 8.03. The second-order valence-electron chi connectivity index (χ2n) is 7.18. The van der Waals surface area contributed by atoms with E-state index >= 15 is 0 Å². The molecule has 0 spiro atoms. The van der Waals surface area contributed by atoms with Crippen molar-refractivity contribution >= 4 is 33.4 Å². The Morgan fingerprint density at radius 3 is 2.52 bits per heavy atom. The minimum Gasteiger partial charge on any atom is -0.335 e. The lowest BCUT2D eigenvalue weighted by Gasteiger charge is -2.26. The van der Waals surface area contributed by atoms with Gasteiger partial charge in [-0.1, -0.05) is 24.3 Å². The Hall–Kier alpha value is -2.21. The highest BCUT2D eigenvalue weighted by Gasteiger charge is 2.41. The smallest absolute Gasteiger partial charge is 0.228 e. The molecule has 1 unspecified atom stereocenters. The molecule has 0 aromatic heterocycles. The molecule has 0 radical (unpaired) electrons. The van der Waals surface area contributed by atoms with Gasteiger partial charge >= 0.3 is 0 Å². The van der Waals surface area contributed by atoms with E-state index < -0.39 is 0 Å². The largest absolute Gasteiger partial charge is 0.335 e. The van der Waals surface area contributed by atoms with E-state index in [1.807, 2.05) is 29.2 Å². The van der Waals surface area contributed by atoms with E-state index in [0.29, 0.717) is 13.1 Å². The molecular weight excluding hydrogens is 411 g/mol. The molecule has 4 rings (SSSR count). The number of halogens is 2. The highest BCUT2D eigenvalue weighted by Crippen LogP contribution is 2.35. The number of carbonyl (C=O) groups excluding carboxylic acids is 2. The summed E-state index contributed by atoms with van der Waals surface area (Å²) < 4.78 is 14.0. The van der Waals surface area contributed by atoms with Crippen LogP contribution in [0.2, 0.25) is 0 Å². The molecule has 1 aliphatic heterocycles. The van der Waals surface area contributed by atoms with Gasteiger partial charge in [0.05, 0.1) is 11.6 Å². The third-order valence-electron chi connectivity index (χ3n) is 5.15. The predicted octanol–water partition coefficient (Wildman–Crippen LogP) is 4.13. The van der Waals surface area contributed by atoms with Crippen LogP contribution in [0.4, 0.5) is 10.1 Å². The SMILES string of the molecule is O=C1CC(C(=O)N(Cc2ccc(F)cc2)C2CC2)CN1c1ccccc1Br. The fourth-order valence-corrected chi connectivity index (χ4v) is 4.07. The van der Waals surface area contributed by atoms with Crippen molar-refractivity contribution < 1.29 is 14.0 Å². The maximum atomic E-state index is 13.2. The summed E-state index contributed by atoms with van der Waals surface area (Å²) >= 11 is 3.48. The van der Waals surface area contributed by atoms with Crippen molar-refractivity contribution in [2.24, 2.45) is 5.92 Å². The Balaban J connectivity index is 1.50. The monoisotopic (exact) mass is 430 g/mol. The molecule has 0 N–H and O–H groups in total. The van der Waals surface area contributed by atoms with Crippen molar-refractivity contribution in [3.8, 4) is 0 Å². The van der Waals surface area contributed by atoms with Crippen LogP contribution in [0.3, 0.4) is 0 Å². The maximum absolute atomic E-state index is 13.2. The maximum Gasteiger partial charge on any atom is 0.228 e. The molecule has 0 bridgehead atoms. The fraction of sp³-hybridized carbons (Fsp3) is 0.333. The molecule has 2 amide bonds. The number of nitrogens with zero attached hydrogens (tertiary/aromatic N) is 2. The summed E-state index contributed by atoms with van der Waals surface area (Å²) in [5, 5.41) is 0. The summed E-state index contributed by atoms with van der Waals surface area (Å²) in [6.45, 7) is 0.858. The molecule has 140 valence electrons. The third kappa shape index (κ3) is 3.90. The van der Waals surface area contributed by atoms with Gasteiger partial charge in [-0.05, 0) is 58.6 Å². The number of anilines is 1. The summed E-state index contributed by atoms with van der Waals surface area (Å²) in [5.41, 5.74) is 1.71. The highest BCUT2D eigenvalue weighted by molar-refractivity contribution is 9.10. The van der Waals surface area contributed by atoms with Gasteiger partial charge < -0.3 is 9.80 Å². The van der Waals surface area contributed by atoms with Gasteiger partial charge in [-0.15, -0.1) is 0 Å². The Bertz CT molecular complexity index is 867. The fourth-order valence-electron chi connectivity index (χ4n) is 3.57. The van der Waals surface area contributed by atoms with Crippen molar-refractivity contribution in [2.75, 3.05) is 11.4 Å². The van der Waals surface area contributed by atoms with E-state index in [9.17, 15) is 14.0 Å². The molecule has 1 heterocycles. The van der Waals surface area contributed by atoms with Crippen molar-refractivity contribution in [1.29, 1.82) is 0 Å². The zero-order valence-corrected chi connectivity index (χ0v) is 16.4. The lowest BCUT2D eigenvalue weighted by Crippen LogP contribution is -2.38. The van der Waals surface area contributed by atoms with Crippen LogP contribution in [-0.2, 0) is 16.1 Å². The third-order valence-corrected chi connectivity index (χ3v) is 5.82. The number of hydrogen-bond acceptors (Lipinski definition) is 2. The first-order chi connectivity index (χ1) is 13.0. The average molecular weight is 431 g/mol. The number of carbonyl (C=O) groups is 2. The van der Waals surface area contributed by atoms with E-state index in [-0.39, 0.29) is 36.0 Å². The number of benzene rings is 2. The molecule has 1 aliphatic carbocycles. The summed E-state index contributed by atoms with van der Waals surface area (Å²) in [5.74, 6) is -0.637. The van der Waals surface area contributed by atoms with Crippen LogP contribution in [0.1, 0.15) is 24.8 Å². The normalized spacial score (nSPS) is 19.4. The summed E-state index contributed by atoms with van der Waals surface area (Å²) in [6, 6.07) is 14.0. The van der Waals surface area contributed by atoms with Crippen molar-refractivity contribution in [2.45, 2.75) is 31.8 Å². The molecule has 2 fully saturated rings. The van der Waals surface area contributed by atoms with Crippen molar-refractivity contribution in [3.63, 3.8) is 0 Å². The van der Waals surface area contributed by atoms with Crippen LogP contribution in [0.5, 0.6) is 0 Å².